The molecule has 1 saturated heterocycles. The largest absolute Gasteiger partial charge is 0.471 e. The number of likely N-dealkylation sites (tertiary alicyclic amines) is 1. The molecule has 256 valence electrons. The van der Waals surface area contributed by atoms with Crippen LogP contribution in [0.1, 0.15) is 86.4 Å². The van der Waals surface area contributed by atoms with Crippen LogP contribution in [0.3, 0.4) is 0 Å². The molecule has 3 heterocycles. The number of pyridine rings is 1. The maximum absolute atomic E-state index is 12.9. The van der Waals surface area contributed by atoms with E-state index in [0.717, 1.165) is 28.8 Å². The number of hydrogen-bond acceptors (Lipinski definition) is 6. The van der Waals surface area contributed by atoms with Crippen LogP contribution in [-0.2, 0) is 20.6 Å². The van der Waals surface area contributed by atoms with E-state index in [4.69, 9.17) is 5.26 Å². The van der Waals surface area contributed by atoms with E-state index in [2.05, 4.69) is 31.1 Å². The number of nitriles is 1. The molecule has 2 aromatic heterocycles. The summed E-state index contributed by atoms with van der Waals surface area (Å²) in [5.74, 6) is -1.45. The lowest BCUT2D eigenvalue weighted by Gasteiger charge is -2.22. The summed E-state index contributed by atoms with van der Waals surface area (Å²) in [6, 6.07) is 0.572. The molecule has 0 saturated carbocycles. The summed E-state index contributed by atoms with van der Waals surface area (Å²) in [6.07, 6.45) is -6.73. The van der Waals surface area contributed by atoms with Gasteiger partial charge in [-0.2, -0.15) is 31.6 Å². The van der Waals surface area contributed by atoms with Crippen LogP contribution in [0.15, 0.2) is 17.8 Å². The Kier molecular flexibility index (Phi) is 19.3. The van der Waals surface area contributed by atoms with Gasteiger partial charge in [0.15, 0.2) is 0 Å². The third kappa shape index (κ3) is 14.5. The number of thiophene rings is 1. The highest BCUT2D eigenvalue weighted by Gasteiger charge is 2.41. The standard InChI is InChI=1S/C11H6F3N3OS.C11H17F3N2O2.C4H10.2C2H6/c12-11(13,14)7-4-19-9-3-16-2-6(10(7)9)8(1-15)17-5-18;1-7-5-16(6-10(7,2)3)8(17)4-15-9(18)11(12,13)14;1-4(2)3;2*1-2/h2-5,8H,(H,17,18);7H,4-6H2,1-3H3,(H,15,18);4H,1-3H3;2*1-2H3/t;7-;;;/m.0.../s1. The Balaban J connectivity index is 0. The molecule has 0 bridgehead atoms. The lowest BCUT2D eigenvalue weighted by molar-refractivity contribution is -0.174. The summed E-state index contributed by atoms with van der Waals surface area (Å²) < 4.78 is 74.8. The maximum atomic E-state index is 12.9. The zero-order valence-corrected chi connectivity index (χ0v) is 28.2. The monoisotopic (exact) mass is 669 g/mol. The predicted molar refractivity (Wildman–Crippen MR) is 164 cm³/mol. The normalized spacial score (nSPS) is 15.7. The number of hydrogen-bond donors (Lipinski definition) is 2. The van der Waals surface area contributed by atoms with Crippen molar-refractivity contribution in [2.45, 2.75) is 87.6 Å². The molecule has 2 N–H and O–H groups in total. The summed E-state index contributed by atoms with van der Waals surface area (Å²) in [5.41, 5.74) is -0.831. The highest BCUT2D eigenvalue weighted by molar-refractivity contribution is 7.17. The van der Waals surface area contributed by atoms with Crippen LogP contribution in [0.2, 0.25) is 0 Å². The van der Waals surface area contributed by atoms with Crippen LogP contribution in [0.25, 0.3) is 10.1 Å². The van der Waals surface area contributed by atoms with Gasteiger partial charge >= 0.3 is 18.3 Å². The highest BCUT2D eigenvalue weighted by atomic mass is 32.1. The van der Waals surface area contributed by atoms with Crippen molar-refractivity contribution >= 4 is 39.6 Å². The van der Waals surface area contributed by atoms with Gasteiger partial charge in [-0.05, 0) is 17.3 Å². The first-order valence-corrected chi connectivity index (χ1v) is 15.3. The Morgan fingerprint density at radius 1 is 1.13 bits per heavy atom. The number of aromatic nitrogens is 1. The predicted octanol–water partition coefficient (Wildman–Crippen LogP) is 7.51. The van der Waals surface area contributed by atoms with Crippen LogP contribution < -0.4 is 10.6 Å². The topological polar surface area (TPSA) is 115 Å². The molecule has 2 aromatic rings. The van der Waals surface area contributed by atoms with Gasteiger partial charge in [-0.1, -0.05) is 69.2 Å². The van der Waals surface area contributed by atoms with E-state index in [0.29, 0.717) is 17.8 Å². The molecule has 8 nitrogen and oxygen atoms in total. The molecule has 2 atom stereocenters. The van der Waals surface area contributed by atoms with E-state index < -0.39 is 42.3 Å². The molecule has 0 spiro atoms. The summed E-state index contributed by atoms with van der Waals surface area (Å²) >= 11 is 0.893. The number of alkyl halides is 6. The van der Waals surface area contributed by atoms with E-state index in [1.807, 2.05) is 48.5 Å². The summed E-state index contributed by atoms with van der Waals surface area (Å²) in [5, 5.41) is 13.6. The van der Waals surface area contributed by atoms with Crippen LogP contribution >= 0.6 is 11.3 Å². The first-order valence-electron chi connectivity index (χ1n) is 14.4. The van der Waals surface area contributed by atoms with Gasteiger partial charge in [0.2, 0.25) is 12.3 Å². The molecular formula is C30H45F6N5O3S. The molecule has 3 rings (SSSR count). The zero-order chi connectivity index (χ0) is 35.8. The second-order valence-electron chi connectivity index (χ2n) is 10.7. The first-order chi connectivity index (χ1) is 20.8. The minimum atomic E-state index is -4.95. The number of amides is 3. The second kappa shape index (κ2) is 19.9. The van der Waals surface area contributed by atoms with Gasteiger partial charge in [0.05, 0.1) is 22.9 Å². The number of nitrogens with one attached hydrogen (secondary N) is 2. The number of carbonyl (C=O) groups excluding carboxylic acids is 3. The zero-order valence-electron chi connectivity index (χ0n) is 27.4. The van der Waals surface area contributed by atoms with Gasteiger partial charge in [0, 0.05) is 41.8 Å². The molecule has 1 aliphatic rings. The molecule has 3 amide bonds. The third-order valence-electron chi connectivity index (χ3n) is 5.93. The summed E-state index contributed by atoms with van der Waals surface area (Å²) in [6.45, 7) is 20.9. The molecule has 45 heavy (non-hydrogen) atoms. The Hall–Kier alpha value is -3.41. The Bertz CT molecular complexity index is 1240. The first kappa shape index (κ1) is 43.7. The number of fused-ring (bicyclic) bond motifs is 1. The Labute approximate surface area is 265 Å². The molecule has 0 aliphatic carbocycles. The van der Waals surface area contributed by atoms with Crippen molar-refractivity contribution in [3.05, 3.63) is 28.9 Å². The molecule has 1 aliphatic heterocycles. The average molecular weight is 670 g/mol. The van der Waals surface area contributed by atoms with Crippen molar-refractivity contribution in [1.82, 2.24) is 20.5 Å². The quantitative estimate of drug-likeness (QED) is 0.253. The number of nitrogens with zero attached hydrogens (tertiary/aromatic N) is 3. The number of halogens is 6. The molecule has 0 aromatic carbocycles. The number of rotatable bonds is 5. The van der Waals surface area contributed by atoms with E-state index in [9.17, 15) is 40.7 Å². The SMILES string of the molecule is CC.CC.CC(C)C.C[C@H]1CN(C(=O)CNC(=O)C(F)(F)F)CC1(C)C.N#CC(NC=O)c1cncc2scc(C(F)(F)F)c12. The van der Waals surface area contributed by atoms with Crippen molar-refractivity contribution in [2.75, 3.05) is 19.6 Å². The van der Waals surface area contributed by atoms with Crippen molar-refractivity contribution in [1.29, 1.82) is 5.26 Å². The van der Waals surface area contributed by atoms with Gasteiger partial charge < -0.3 is 15.5 Å². The van der Waals surface area contributed by atoms with Gasteiger partial charge in [-0.25, -0.2) is 0 Å². The maximum Gasteiger partial charge on any atom is 0.471 e. The molecular weight excluding hydrogens is 624 g/mol. The minimum absolute atomic E-state index is 0.0423. The number of carbonyl (C=O) groups is 3. The smallest absolute Gasteiger partial charge is 0.340 e. The van der Waals surface area contributed by atoms with Crippen LogP contribution in [-0.4, -0.2) is 53.9 Å². The van der Waals surface area contributed by atoms with Gasteiger partial charge in [0.25, 0.3) is 0 Å². The average Bonchev–Trinajstić information content (AvgIpc) is 3.52. The second-order valence-corrected chi connectivity index (χ2v) is 11.6. The van der Waals surface area contributed by atoms with Crippen molar-refractivity contribution in [3.63, 3.8) is 0 Å². The van der Waals surface area contributed by atoms with Crippen molar-refractivity contribution in [2.24, 2.45) is 17.3 Å². The van der Waals surface area contributed by atoms with E-state index in [1.54, 1.807) is 11.4 Å². The van der Waals surface area contributed by atoms with E-state index in [-0.39, 0.29) is 28.7 Å². The Morgan fingerprint density at radius 3 is 2.07 bits per heavy atom. The molecule has 1 unspecified atom stereocenters. The van der Waals surface area contributed by atoms with Gasteiger partial charge in [0.1, 0.15) is 6.04 Å². The highest BCUT2D eigenvalue weighted by Crippen LogP contribution is 2.41. The van der Waals surface area contributed by atoms with Gasteiger partial charge in [-0.3, -0.25) is 19.4 Å². The van der Waals surface area contributed by atoms with Crippen molar-refractivity contribution in [3.8, 4) is 6.07 Å². The van der Waals surface area contributed by atoms with E-state index >= 15 is 0 Å². The molecule has 15 heteroatoms. The fourth-order valence-electron chi connectivity index (χ4n) is 3.56. The fourth-order valence-corrected chi connectivity index (χ4v) is 4.52. The van der Waals surface area contributed by atoms with Gasteiger partial charge in [-0.15, -0.1) is 11.3 Å². The minimum Gasteiger partial charge on any atom is -0.340 e. The molecule has 0 radical (unpaired) electrons. The lowest BCUT2D eigenvalue weighted by Crippen LogP contribution is -2.44. The third-order valence-corrected chi connectivity index (χ3v) is 6.85. The fraction of sp³-hybridized carbons (Fsp3) is 0.633. The van der Waals surface area contributed by atoms with E-state index in [1.165, 1.54) is 11.1 Å². The van der Waals surface area contributed by atoms with Crippen molar-refractivity contribution < 1.29 is 40.7 Å². The van der Waals surface area contributed by atoms with Crippen LogP contribution in [0.4, 0.5) is 26.3 Å². The van der Waals surface area contributed by atoms with Crippen LogP contribution in [0, 0.1) is 28.6 Å². The lowest BCUT2D eigenvalue weighted by atomic mass is 9.84. The molecule has 1 fully saturated rings. The Morgan fingerprint density at radius 2 is 1.67 bits per heavy atom. The summed E-state index contributed by atoms with van der Waals surface area (Å²) in [4.78, 5) is 37.9. The van der Waals surface area contributed by atoms with Crippen LogP contribution in [0.5, 0.6) is 0 Å². The summed E-state index contributed by atoms with van der Waals surface area (Å²) in [7, 11) is 0.